The molecule has 12 heavy (non-hydrogen) atoms. The summed E-state index contributed by atoms with van der Waals surface area (Å²) in [6, 6.07) is 0. The molecule has 0 unspecified atom stereocenters. The number of hydrogen-bond donors (Lipinski definition) is 0. The third-order valence-corrected chi connectivity index (χ3v) is 1.26. The Morgan fingerprint density at radius 3 is 1.58 bits per heavy atom. The molecule has 0 radical (unpaired) electrons. The van der Waals surface area contributed by atoms with Gasteiger partial charge < -0.3 is 0 Å². The molecular weight excluding hydrogens is 144 g/mol. The van der Waals surface area contributed by atoms with Gasteiger partial charge in [0.2, 0.25) is 0 Å². The van der Waals surface area contributed by atoms with E-state index in [1.807, 2.05) is 0 Å². The lowest BCUT2D eigenvalue weighted by atomic mass is 10.2. The summed E-state index contributed by atoms with van der Waals surface area (Å²) in [4.78, 5) is 0. The number of hydrogen-bond acceptors (Lipinski definition) is 0. The van der Waals surface area contributed by atoms with E-state index in [0.29, 0.717) is 0 Å². The van der Waals surface area contributed by atoms with Crippen molar-refractivity contribution < 1.29 is 0 Å². The molecule has 0 nitrogen and oxygen atoms in total. The van der Waals surface area contributed by atoms with Crippen molar-refractivity contribution in [3.63, 3.8) is 0 Å². The molecule has 72 valence electrons. The molecule has 0 rings (SSSR count). The molecule has 0 saturated heterocycles. The Morgan fingerprint density at radius 1 is 0.917 bits per heavy atom. The van der Waals surface area contributed by atoms with Crippen LogP contribution in [0.1, 0.15) is 54.4 Å². The largest absolute Gasteiger partial charge is 0.0764 e. The first-order valence-electron chi connectivity index (χ1n) is 4.89. The van der Waals surface area contributed by atoms with Gasteiger partial charge in [-0.2, -0.15) is 0 Å². The van der Waals surface area contributed by atoms with Crippen LogP contribution in [0.4, 0.5) is 0 Å². The van der Waals surface area contributed by atoms with Crippen LogP contribution in [-0.4, -0.2) is 0 Å². The van der Waals surface area contributed by atoms with Crippen molar-refractivity contribution in [1.82, 2.24) is 0 Å². The van der Waals surface area contributed by atoms with Crippen LogP contribution in [-0.2, 0) is 0 Å². The lowest BCUT2D eigenvalue weighted by Crippen LogP contribution is -1.68. The molecule has 0 aromatic rings. The zero-order valence-electron chi connectivity index (χ0n) is 9.57. The van der Waals surface area contributed by atoms with Gasteiger partial charge in [0.25, 0.3) is 0 Å². The third kappa shape index (κ3) is 16.2. The highest BCUT2D eigenvalue weighted by molar-refractivity contribution is 5.13. The molecule has 0 fully saturated rings. The normalized spacial score (nSPS) is 10.0. The van der Waals surface area contributed by atoms with E-state index in [4.69, 9.17) is 0 Å². The summed E-state index contributed by atoms with van der Waals surface area (Å²) in [5.74, 6) is 0. The van der Waals surface area contributed by atoms with E-state index in [2.05, 4.69) is 53.7 Å². The molecule has 0 amide bonds. The molecular formula is C12H24. The van der Waals surface area contributed by atoms with Gasteiger partial charge in [0.1, 0.15) is 0 Å². The van der Waals surface area contributed by atoms with Gasteiger partial charge in [0, 0.05) is 0 Å². The summed E-state index contributed by atoms with van der Waals surface area (Å²) in [5.41, 5.74) is 2.80. The molecule has 0 aliphatic heterocycles. The Morgan fingerprint density at radius 2 is 1.33 bits per heavy atom. The topological polar surface area (TPSA) is 0 Å². The van der Waals surface area contributed by atoms with E-state index in [1.54, 1.807) is 0 Å². The highest BCUT2D eigenvalue weighted by Crippen LogP contribution is 1.99. The summed E-state index contributed by atoms with van der Waals surface area (Å²) >= 11 is 0. The van der Waals surface area contributed by atoms with Crippen molar-refractivity contribution in [2.24, 2.45) is 0 Å². The van der Waals surface area contributed by atoms with Gasteiger partial charge in [-0.05, 0) is 27.2 Å². The maximum atomic E-state index is 2.18. The van der Waals surface area contributed by atoms with Crippen LogP contribution in [0.2, 0.25) is 0 Å². The van der Waals surface area contributed by atoms with E-state index in [0.717, 1.165) is 6.42 Å². The van der Waals surface area contributed by atoms with Crippen molar-refractivity contribution >= 4 is 0 Å². The number of allylic oxidation sites excluding steroid dienone is 4. The predicted octanol–water partition coefficient (Wildman–Crippen LogP) is 4.73. The summed E-state index contributed by atoms with van der Waals surface area (Å²) in [5, 5.41) is 0. The molecule has 0 heterocycles. The van der Waals surface area contributed by atoms with Crippen LogP contribution < -0.4 is 0 Å². The Kier molecular flexibility index (Phi) is 12.3. The van der Waals surface area contributed by atoms with Crippen molar-refractivity contribution in [2.45, 2.75) is 54.4 Å². The Labute approximate surface area is 78.4 Å². The van der Waals surface area contributed by atoms with Gasteiger partial charge >= 0.3 is 0 Å². The van der Waals surface area contributed by atoms with Gasteiger partial charge in [-0.25, -0.2) is 0 Å². The second kappa shape index (κ2) is 10.5. The Balaban J connectivity index is 0. The van der Waals surface area contributed by atoms with Crippen LogP contribution in [0.5, 0.6) is 0 Å². The van der Waals surface area contributed by atoms with Crippen molar-refractivity contribution in [2.75, 3.05) is 0 Å². The first-order valence-corrected chi connectivity index (χ1v) is 4.89. The van der Waals surface area contributed by atoms with Crippen LogP contribution in [0.15, 0.2) is 23.3 Å². The second-order valence-electron chi connectivity index (χ2n) is 3.32. The maximum Gasteiger partial charge on any atom is -0.0349 e. The smallest absolute Gasteiger partial charge is 0.0349 e. The molecule has 0 heteroatoms. The second-order valence-corrected chi connectivity index (χ2v) is 3.32. The van der Waals surface area contributed by atoms with E-state index >= 15 is 0 Å². The monoisotopic (exact) mass is 168 g/mol. The zero-order valence-corrected chi connectivity index (χ0v) is 9.57. The fraction of sp³-hybridized carbons (Fsp3) is 0.667. The van der Waals surface area contributed by atoms with Crippen molar-refractivity contribution in [3.05, 3.63) is 23.3 Å². The molecule has 0 aromatic heterocycles. The highest BCUT2D eigenvalue weighted by Gasteiger charge is 1.78. The first kappa shape index (κ1) is 14.0. The number of rotatable bonds is 2. The zero-order chi connectivity index (χ0) is 9.98. The quantitative estimate of drug-likeness (QED) is 0.523. The molecule has 0 saturated carbocycles. The van der Waals surface area contributed by atoms with Crippen LogP contribution in [0.25, 0.3) is 0 Å². The lowest BCUT2D eigenvalue weighted by molar-refractivity contribution is 1.09. The Hall–Kier alpha value is -0.520. The minimum Gasteiger partial charge on any atom is -0.0764 e. The average molecular weight is 168 g/mol. The first-order chi connectivity index (χ1) is 5.58. The summed E-state index contributed by atoms with van der Waals surface area (Å²) in [6.07, 6.45) is 6.73. The van der Waals surface area contributed by atoms with Crippen LogP contribution in [0.3, 0.4) is 0 Å². The van der Waals surface area contributed by atoms with E-state index in [-0.39, 0.29) is 0 Å². The SMILES string of the molecule is CC/C(C)=C\C=C(C)C.CCC. The Bertz CT molecular complexity index is 134. The molecule has 0 aliphatic rings. The minimum atomic E-state index is 1.16. The van der Waals surface area contributed by atoms with Gasteiger partial charge in [-0.1, -0.05) is 50.5 Å². The van der Waals surface area contributed by atoms with E-state index in [1.165, 1.54) is 17.6 Å². The van der Waals surface area contributed by atoms with Gasteiger partial charge in [-0.15, -0.1) is 0 Å². The average Bonchev–Trinajstić information content (AvgIpc) is 2.01. The molecule has 0 aromatic carbocycles. The molecule has 0 bridgehead atoms. The maximum absolute atomic E-state index is 2.18. The fourth-order valence-corrected chi connectivity index (χ4v) is 0.427. The van der Waals surface area contributed by atoms with Crippen LogP contribution >= 0.6 is 0 Å². The molecule has 0 atom stereocenters. The van der Waals surface area contributed by atoms with Gasteiger partial charge in [0.15, 0.2) is 0 Å². The summed E-state index contributed by atoms with van der Waals surface area (Å²) in [6.45, 7) is 12.8. The molecule has 0 aliphatic carbocycles. The predicted molar refractivity (Wildman–Crippen MR) is 59.4 cm³/mol. The van der Waals surface area contributed by atoms with Crippen molar-refractivity contribution in [1.29, 1.82) is 0 Å². The summed E-state index contributed by atoms with van der Waals surface area (Å²) < 4.78 is 0. The van der Waals surface area contributed by atoms with Gasteiger partial charge in [0.05, 0.1) is 0 Å². The minimum absolute atomic E-state index is 1.16. The summed E-state index contributed by atoms with van der Waals surface area (Å²) in [7, 11) is 0. The van der Waals surface area contributed by atoms with E-state index < -0.39 is 0 Å². The highest BCUT2D eigenvalue weighted by atomic mass is 13.9. The van der Waals surface area contributed by atoms with Crippen LogP contribution in [0, 0.1) is 0 Å². The third-order valence-electron chi connectivity index (χ3n) is 1.26. The molecule has 0 spiro atoms. The lowest BCUT2D eigenvalue weighted by Gasteiger charge is -1.89. The fourth-order valence-electron chi connectivity index (χ4n) is 0.427. The van der Waals surface area contributed by atoms with Gasteiger partial charge in [-0.3, -0.25) is 0 Å². The standard InChI is InChI=1S/C9H16.C3H8/c1-5-9(4)7-6-8(2)3;1-3-2/h6-7H,5H2,1-4H3;3H2,1-2H3/b9-7-;. The van der Waals surface area contributed by atoms with Crippen molar-refractivity contribution in [3.8, 4) is 0 Å². The molecule has 0 N–H and O–H groups in total. The van der Waals surface area contributed by atoms with E-state index in [9.17, 15) is 0 Å².